The quantitative estimate of drug-likeness (QED) is 0.339. The van der Waals surface area contributed by atoms with Crippen molar-refractivity contribution in [3.63, 3.8) is 0 Å². The predicted molar refractivity (Wildman–Crippen MR) is 127 cm³/mol. The maximum absolute atomic E-state index is 12.8. The van der Waals surface area contributed by atoms with Crippen LogP contribution < -0.4 is 10.1 Å². The van der Waals surface area contributed by atoms with Gasteiger partial charge in [0, 0.05) is 16.8 Å². The number of benzene rings is 3. The molecule has 4 rings (SSSR count). The molecule has 162 valence electrons. The van der Waals surface area contributed by atoms with Gasteiger partial charge in [0.15, 0.2) is 0 Å². The Morgan fingerprint density at radius 1 is 0.969 bits per heavy atom. The normalized spacial score (nSPS) is 11.7. The number of rotatable bonds is 8. The highest BCUT2D eigenvalue weighted by molar-refractivity contribution is 8.00. The van der Waals surface area contributed by atoms with E-state index in [-0.39, 0.29) is 5.91 Å². The number of amides is 1. The Morgan fingerprint density at radius 2 is 1.69 bits per heavy atom. The van der Waals surface area contributed by atoms with E-state index in [0.29, 0.717) is 17.7 Å². The minimum atomic E-state index is -0.424. The lowest BCUT2D eigenvalue weighted by molar-refractivity contribution is -0.115. The number of thioether (sulfide) groups is 1. The van der Waals surface area contributed by atoms with Crippen LogP contribution >= 0.6 is 11.8 Å². The fourth-order valence-electron chi connectivity index (χ4n) is 3.14. The number of para-hydroxylation sites is 1. The van der Waals surface area contributed by atoms with Gasteiger partial charge >= 0.3 is 0 Å². The molecule has 6 nitrogen and oxygen atoms in total. The topological polar surface area (TPSA) is 77.2 Å². The van der Waals surface area contributed by atoms with Crippen LogP contribution in [-0.4, -0.2) is 28.0 Å². The standard InChI is InChI=1S/C25H23N3O3S/c1-3-30-20-15-13-19(14-16-20)24-27-28-25(31-24)32-17(2)23(29)26-22-12-8-7-11-21(22)18-9-5-4-6-10-18/h4-17H,3H2,1-2H3,(H,26,29)/t17-/m0/s1. The summed E-state index contributed by atoms with van der Waals surface area (Å²) < 4.78 is 11.2. The van der Waals surface area contributed by atoms with E-state index in [4.69, 9.17) is 9.15 Å². The van der Waals surface area contributed by atoms with Gasteiger partial charge in [0.05, 0.1) is 11.9 Å². The molecule has 1 heterocycles. The number of carbonyl (C=O) groups excluding carboxylic acids is 1. The molecular formula is C25H23N3O3S. The number of hydrogen-bond donors (Lipinski definition) is 1. The summed E-state index contributed by atoms with van der Waals surface area (Å²) in [4.78, 5) is 12.8. The Labute approximate surface area is 191 Å². The van der Waals surface area contributed by atoms with Crippen LogP contribution in [0.1, 0.15) is 13.8 Å². The Kier molecular flexibility index (Phi) is 6.87. The van der Waals surface area contributed by atoms with E-state index in [0.717, 1.165) is 28.1 Å². The second-order valence-electron chi connectivity index (χ2n) is 6.99. The van der Waals surface area contributed by atoms with Crippen LogP contribution in [0.15, 0.2) is 88.5 Å². The monoisotopic (exact) mass is 445 g/mol. The van der Waals surface area contributed by atoms with Gasteiger partial charge in [0.2, 0.25) is 11.8 Å². The first-order valence-electron chi connectivity index (χ1n) is 10.3. The molecule has 3 aromatic carbocycles. The lowest BCUT2D eigenvalue weighted by Gasteiger charge is -2.14. The number of nitrogens with zero attached hydrogens (tertiary/aromatic N) is 2. The fraction of sp³-hybridized carbons (Fsp3) is 0.160. The molecule has 0 aliphatic rings. The van der Waals surface area contributed by atoms with Crippen molar-refractivity contribution in [1.82, 2.24) is 10.2 Å². The van der Waals surface area contributed by atoms with Gasteiger partial charge in [-0.15, -0.1) is 10.2 Å². The highest BCUT2D eigenvalue weighted by Crippen LogP contribution is 2.30. The summed E-state index contributed by atoms with van der Waals surface area (Å²) in [5, 5.41) is 11.1. The molecule has 1 amide bonds. The first-order chi connectivity index (χ1) is 15.6. The van der Waals surface area contributed by atoms with E-state index in [1.54, 1.807) is 0 Å². The van der Waals surface area contributed by atoms with E-state index in [9.17, 15) is 4.79 Å². The van der Waals surface area contributed by atoms with Gasteiger partial charge in [0.1, 0.15) is 5.75 Å². The van der Waals surface area contributed by atoms with Gasteiger partial charge in [0.25, 0.3) is 5.22 Å². The molecule has 7 heteroatoms. The molecule has 1 atom stereocenters. The third-order valence-corrected chi connectivity index (χ3v) is 5.67. The lowest BCUT2D eigenvalue weighted by atomic mass is 10.0. The summed E-state index contributed by atoms with van der Waals surface area (Å²) in [5.41, 5.74) is 3.56. The maximum atomic E-state index is 12.8. The molecule has 0 aliphatic heterocycles. The maximum Gasteiger partial charge on any atom is 0.277 e. The predicted octanol–water partition coefficient (Wildman–Crippen LogP) is 5.92. The third-order valence-electron chi connectivity index (χ3n) is 4.74. The summed E-state index contributed by atoms with van der Waals surface area (Å²) in [7, 11) is 0. The molecule has 0 unspecified atom stereocenters. The molecule has 0 aliphatic carbocycles. The minimum Gasteiger partial charge on any atom is -0.494 e. The van der Waals surface area contributed by atoms with Crippen LogP contribution in [0.2, 0.25) is 0 Å². The van der Waals surface area contributed by atoms with Gasteiger partial charge in [-0.05, 0) is 49.7 Å². The molecule has 0 radical (unpaired) electrons. The van der Waals surface area contributed by atoms with E-state index in [1.807, 2.05) is 92.7 Å². The molecule has 32 heavy (non-hydrogen) atoms. The molecule has 1 N–H and O–H groups in total. The number of nitrogens with one attached hydrogen (secondary N) is 1. The molecule has 0 spiro atoms. The van der Waals surface area contributed by atoms with Crippen molar-refractivity contribution in [2.45, 2.75) is 24.3 Å². The minimum absolute atomic E-state index is 0.140. The number of hydrogen-bond acceptors (Lipinski definition) is 6. The second kappa shape index (κ2) is 10.2. The molecule has 0 saturated heterocycles. The van der Waals surface area contributed by atoms with Crippen LogP contribution in [0.25, 0.3) is 22.6 Å². The van der Waals surface area contributed by atoms with Crippen molar-refractivity contribution in [3.8, 4) is 28.3 Å². The van der Waals surface area contributed by atoms with Gasteiger partial charge in [-0.25, -0.2) is 0 Å². The highest BCUT2D eigenvalue weighted by Gasteiger charge is 2.20. The summed E-state index contributed by atoms with van der Waals surface area (Å²) in [5.74, 6) is 1.04. The van der Waals surface area contributed by atoms with Crippen molar-refractivity contribution >= 4 is 23.4 Å². The largest absolute Gasteiger partial charge is 0.494 e. The van der Waals surface area contributed by atoms with E-state index < -0.39 is 5.25 Å². The summed E-state index contributed by atoms with van der Waals surface area (Å²) >= 11 is 1.22. The first kappa shape index (κ1) is 21.6. The number of carbonyl (C=O) groups is 1. The Balaban J connectivity index is 1.42. The van der Waals surface area contributed by atoms with Crippen molar-refractivity contribution < 1.29 is 13.9 Å². The average Bonchev–Trinajstić information content (AvgIpc) is 3.29. The Morgan fingerprint density at radius 3 is 2.44 bits per heavy atom. The SMILES string of the molecule is CCOc1ccc(-c2nnc(S[C@@H](C)C(=O)Nc3ccccc3-c3ccccc3)o2)cc1. The summed E-state index contributed by atoms with van der Waals surface area (Å²) in [6.45, 7) is 4.36. The van der Waals surface area contributed by atoms with Crippen LogP contribution in [0, 0.1) is 0 Å². The number of anilines is 1. The van der Waals surface area contributed by atoms with Crippen LogP contribution in [0.4, 0.5) is 5.69 Å². The Bertz CT molecular complexity index is 1180. The first-order valence-corrected chi connectivity index (χ1v) is 11.2. The van der Waals surface area contributed by atoms with E-state index in [2.05, 4.69) is 15.5 Å². The van der Waals surface area contributed by atoms with Gasteiger partial charge in [-0.2, -0.15) is 0 Å². The smallest absolute Gasteiger partial charge is 0.277 e. The zero-order chi connectivity index (χ0) is 22.3. The molecule has 0 fully saturated rings. The van der Waals surface area contributed by atoms with E-state index in [1.165, 1.54) is 11.8 Å². The second-order valence-corrected chi connectivity index (χ2v) is 8.28. The fourth-order valence-corrected chi connectivity index (χ4v) is 3.82. The summed E-state index contributed by atoms with van der Waals surface area (Å²) in [6, 6.07) is 25.1. The lowest BCUT2D eigenvalue weighted by Crippen LogP contribution is -2.22. The Hall–Kier alpha value is -3.58. The van der Waals surface area contributed by atoms with Crippen molar-refractivity contribution in [2.75, 3.05) is 11.9 Å². The molecule has 4 aromatic rings. The average molecular weight is 446 g/mol. The highest BCUT2D eigenvalue weighted by atomic mass is 32.2. The van der Waals surface area contributed by atoms with Crippen LogP contribution in [0.3, 0.4) is 0 Å². The van der Waals surface area contributed by atoms with Crippen LogP contribution in [0.5, 0.6) is 5.75 Å². The van der Waals surface area contributed by atoms with Crippen molar-refractivity contribution in [3.05, 3.63) is 78.9 Å². The zero-order valence-corrected chi connectivity index (χ0v) is 18.6. The number of ether oxygens (including phenoxy) is 1. The van der Waals surface area contributed by atoms with Crippen molar-refractivity contribution in [2.24, 2.45) is 0 Å². The molecular weight excluding hydrogens is 422 g/mol. The summed E-state index contributed by atoms with van der Waals surface area (Å²) in [6.07, 6.45) is 0. The number of aromatic nitrogens is 2. The molecule has 1 aromatic heterocycles. The van der Waals surface area contributed by atoms with Crippen LogP contribution in [-0.2, 0) is 4.79 Å². The zero-order valence-electron chi connectivity index (χ0n) is 17.8. The van der Waals surface area contributed by atoms with Crippen molar-refractivity contribution in [1.29, 1.82) is 0 Å². The van der Waals surface area contributed by atoms with Gasteiger partial charge in [-0.1, -0.05) is 60.3 Å². The van der Waals surface area contributed by atoms with E-state index >= 15 is 0 Å². The van der Waals surface area contributed by atoms with Gasteiger partial charge < -0.3 is 14.5 Å². The van der Waals surface area contributed by atoms with Gasteiger partial charge in [-0.3, -0.25) is 4.79 Å². The molecule has 0 bridgehead atoms. The molecule has 0 saturated carbocycles. The third kappa shape index (κ3) is 5.18.